The molecule has 1 unspecified atom stereocenters. The summed E-state index contributed by atoms with van der Waals surface area (Å²) in [6.07, 6.45) is 0.200. The van der Waals surface area contributed by atoms with Crippen LogP contribution in [0.1, 0.15) is 24.5 Å². The van der Waals surface area contributed by atoms with E-state index in [9.17, 15) is 4.39 Å². The van der Waals surface area contributed by atoms with E-state index in [-0.39, 0.29) is 12.4 Å². The Bertz CT molecular complexity index is 364. The lowest BCUT2D eigenvalue weighted by atomic mass is 10.1. The molecular weight excluding hydrogens is 231 g/mol. The number of aryl methyl sites for hydroxylation is 1. The van der Waals surface area contributed by atoms with Crippen LogP contribution < -0.4 is 16.4 Å². The van der Waals surface area contributed by atoms with E-state index in [1.807, 2.05) is 12.1 Å². The molecule has 0 fully saturated rings. The van der Waals surface area contributed by atoms with E-state index in [1.54, 1.807) is 0 Å². The zero-order valence-corrected chi connectivity index (χ0v) is 10.7. The number of hydrogen-bond acceptors (Lipinski definition) is 2. The molecule has 1 aromatic carbocycles. The minimum atomic E-state index is -1.09. The molecule has 5 heteroatoms. The summed E-state index contributed by atoms with van der Waals surface area (Å²) < 4.78 is 13.4. The molecule has 18 heavy (non-hydrogen) atoms. The van der Waals surface area contributed by atoms with Crippen molar-refractivity contribution in [2.24, 2.45) is 5.73 Å². The maximum Gasteiger partial charge on any atom is 0.185 e. The Morgan fingerprint density at radius 3 is 2.50 bits per heavy atom. The van der Waals surface area contributed by atoms with Gasteiger partial charge in [0.15, 0.2) is 12.3 Å². The fourth-order valence-corrected chi connectivity index (χ4v) is 1.56. The molecule has 0 aromatic heterocycles. The predicted octanol–water partition coefficient (Wildman–Crippen LogP) is 1.51. The van der Waals surface area contributed by atoms with Gasteiger partial charge in [0.25, 0.3) is 0 Å². The summed E-state index contributed by atoms with van der Waals surface area (Å²) >= 11 is 0. The van der Waals surface area contributed by atoms with Gasteiger partial charge in [-0.3, -0.25) is 10.7 Å². The summed E-state index contributed by atoms with van der Waals surface area (Å²) in [6.45, 7) is 2.97. The standard InChI is InChI=1S/C13H21FN4/c1-2-10-3-5-11(6-4-10)9-18-12(14)7-8-17-13(15)16/h3-6,12,18H,2,7-9H2,1H3,(H4,15,16,17). The Labute approximate surface area is 107 Å². The minimum absolute atomic E-state index is 0.127. The molecule has 0 aliphatic rings. The van der Waals surface area contributed by atoms with E-state index in [2.05, 4.69) is 29.7 Å². The molecule has 1 rings (SSSR count). The van der Waals surface area contributed by atoms with E-state index in [0.29, 0.717) is 13.1 Å². The summed E-state index contributed by atoms with van der Waals surface area (Å²) in [4.78, 5) is 0. The number of nitrogens with two attached hydrogens (primary N) is 1. The van der Waals surface area contributed by atoms with Crippen LogP contribution in [0.25, 0.3) is 0 Å². The topological polar surface area (TPSA) is 73.9 Å². The van der Waals surface area contributed by atoms with Crippen LogP contribution in [0.5, 0.6) is 0 Å². The second-order valence-corrected chi connectivity index (χ2v) is 4.15. The maximum absolute atomic E-state index is 13.4. The first kappa shape index (κ1) is 14.4. The number of halogens is 1. The smallest absolute Gasteiger partial charge is 0.185 e. The van der Waals surface area contributed by atoms with E-state index in [0.717, 1.165) is 12.0 Å². The van der Waals surface area contributed by atoms with Crippen molar-refractivity contribution in [3.63, 3.8) is 0 Å². The Kier molecular flexibility index (Phi) is 6.14. The van der Waals surface area contributed by atoms with Crippen LogP contribution in [0.2, 0.25) is 0 Å². The van der Waals surface area contributed by atoms with Crippen molar-refractivity contribution < 1.29 is 4.39 Å². The summed E-state index contributed by atoms with van der Waals surface area (Å²) in [7, 11) is 0. The first-order chi connectivity index (χ1) is 8.61. The van der Waals surface area contributed by atoms with E-state index < -0.39 is 6.30 Å². The first-order valence-electron chi connectivity index (χ1n) is 6.15. The van der Waals surface area contributed by atoms with Crippen LogP contribution in [0.15, 0.2) is 24.3 Å². The van der Waals surface area contributed by atoms with Crippen molar-refractivity contribution in [3.05, 3.63) is 35.4 Å². The predicted molar refractivity (Wildman–Crippen MR) is 72.1 cm³/mol. The monoisotopic (exact) mass is 252 g/mol. The largest absolute Gasteiger partial charge is 0.370 e. The second-order valence-electron chi connectivity index (χ2n) is 4.15. The summed E-state index contributed by atoms with van der Waals surface area (Å²) in [6, 6.07) is 8.13. The molecule has 0 aliphatic carbocycles. The zero-order valence-electron chi connectivity index (χ0n) is 10.7. The second kappa shape index (κ2) is 7.66. The average molecular weight is 252 g/mol. The summed E-state index contributed by atoms with van der Waals surface area (Å²) in [5.41, 5.74) is 7.44. The van der Waals surface area contributed by atoms with Gasteiger partial charge < -0.3 is 11.1 Å². The van der Waals surface area contributed by atoms with Crippen molar-refractivity contribution in [3.8, 4) is 0 Å². The Morgan fingerprint density at radius 1 is 1.33 bits per heavy atom. The fourth-order valence-electron chi connectivity index (χ4n) is 1.56. The zero-order chi connectivity index (χ0) is 13.4. The highest BCUT2D eigenvalue weighted by atomic mass is 19.1. The molecule has 0 bridgehead atoms. The van der Waals surface area contributed by atoms with Gasteiger partial charge in [-0.25, -0.2) is 4.39 Å². The van der Waals surface area contributed by atoms with Gasteiger partial charge in [0.2, 0.25) is 0 Å². The summed E-state index contributed by atoms with van der Waals surface area (Å²) in [5.74, 6) is -0.127. The molecule has 0 saturated heterocycles. The fraction of sp³-hybridized carbons (Fsp3) is 0.462. The van der Waals surface area contributed by atoms with Crippen molar-refractivity contribution in [2.75, 3.05) is 6.54 Å². The third-order valence-electron chi connectivity index (χ3n) is 2.67. The van der Waals surface area contributed by atoms with Gasteiger partial charge in [0.1, 0.15) is 0 Å². The Morgan fingerprint density at radius 2 is 1.94 bits per heavy atom. The molecule has 0 radical (unpaired) electrons. The first-order valence-corrected chi connectivity index (χ1v) is 6.15. The van der Waals surface area contributed by atoms with Gasteiger partial charge >= 0.3 is 0 Å². The van der Waals surface area contributed by atoms with Gasteiger partial charge in [-0.1, -0.05) is 31.2 Å². The van der Waals surface area contributed by atoms with Crippen LogP contribution in [-0.4, -0.2) is 18.8 Å². The number of nitrogens with one attached hydrogen (secondary N) is 3. The van der Waals surface area contributed by atoms with Crippen molar-refractivity contribution >= 4 is 5.96 Å². The molecule has 1 atom stereocenters. The lowest BCUT2D eigenvalue weighted by molar-refractivity contribution is 0.256. The molecule has 5 N–H and O–H groups in total. The van der Waals surface area contributed by atoms with Gasteiger partial charge in [-0.2, -0.15) is 0 Å². The molecule has 0 spiro atoms. The maximum atomic E-state index is 13.4. The minimum Gasteiger partial charge on any atom is -0.370 e. The number of benzene rings is 1. The van der Waals surface area contributed by atoms with Gasteiger partial charge in [0.05, 0.1) is 0 Å². The lowest BCUT2D eigenvalue weighted by Gasteiger charge is -2.11. The molecular formula is C13H21FN4. The highest BCUT2D eigenvalue weighted by Gasteiger charge is 2.05. The average Bonchev–Trinajstić information content (AvgIpc) is 2.36. The van der Waals surface area contributed by atoms with Crippen LogP contribution in [0, 0.1) is 5.41 Å². The van der Waals surface area contributed by atoms with Gasteiger partial charge in [0, 0.05) is 19.5 Å². The van der Waals surface area contributed by atoms with E-state index >= 15 is 0 Å². The van der Waals surface area contributed by atoms with Crippen LogP contribution >= 0.6 is 0 Å². The number of alkyl halides is 1. The highest BCUT2D eigenvalue weighted by molar-refractivity contribution is 5.74. The van der Waals surface area contributed by atoms with Crippen molar-refractivity contribution in [1.29, 1.82) is 5.41 Å². The molecule has 0 aliphatic heterocycles. The molecule has 1 aromatic rings. The lowest BCUT2D eigenvalue weighted by Crippen LogP contribution is -2.34. The van der Waals surface area contributed by atoms with Crippen LogP contribution in [0.3, 0.4) is 0 Å². The number of rotatable bonds is 7. The van der Waals surface area contributed by atoms with Crippen LogP contribution in [0.4, 0.5) is 4.39 Å². The van der Waals surface area contributed by atoms with Gasteiger partial charge in [-0.05, 0) is 17.5 Å². The number of hydrogen-bond donors (Lipinski definition) is 4. The number of guanidine groups is 1. The van der Waals surface area contributed by atoms with Crippen molar-refractivity contribution in [2.45, 2.75) is 32.6 Å². The Balaban J connectivity index is 2.24. The molecule has 0 amide bonds. The molecule has 100 valence electrons. The normalized spacial score (nSPS) is 12.1. The highest BCUT2D eigenvalue weighted by Crippen LogP contribution is 2.05. The van der Waals surface area contributed by atoms with Gasteiger partial charge in [-0.15, -0.1) is 0 Å². The van der Waals surface area contributed by atoms with Crippen LogP contribution in [-0.2, 0) is 13.0 Å². The quantitative estimate of drug-likeness (QED) is 0.337. The van der Waals surface area contributed by atoms with E-state index in [4.69, 9.17) is 11.1 Å². The summed E-state index contributed by atoms with van der Waals surface area (Å²) in [5, 5.41) is 12.3. The van der Waals surface area contributed by atoms with E-state index in [1.165, 1.54) is 5.56 Å². The third-order valence-corrected chi connectivity index (χ3v) is 2.67. The Hall–Kier alpha value is -1.62. The molecule has 0 heterocycles. The van der Waals surface area contributed by atoms with Crippen molar-refractivity contribution in [1.82, 2.24) is 10.6 Å². The molecule has 4 nitrogen and oxygen atoms in total. The third kappa shape index (κ3) is 5.63. The molecule has 0 saturated carbocycles. The SMILES string of the molecule is CCc1ccc(CNC(F)CCNC(=N)N)cc1.